The molecule has 0 aromatic heterocycles. The SMILES string of the molecule is Cl.Fc1ccc([C@@H](C2CCC2)N2CCNCC2)c(Cl)c1. The molecule has 0 spiro atoms. The molecule has 5 heteroatoms. The molecule has 1 saturated carbocycles. The van der Waals surface area contributed by atoms with Gasteiger partial charge in [0.2, 0.25) is 0 Å². The van der Waals surface area contributed by atoms with Crippen LogP contribution in [0.1, 0.15) is 30.9 Å². The lowest BCUT2D eigenvalue weighted by atomic mass is 9.76. The van der Waals surface area contributed by atoms with Crippen molar-refractivity contribution in [2.75, 3.05) is 26.2 Å². The number of rotatable bonds is 3. The standard InChI is InChI=1S/C15H20ClFN2.ClH/c16-14-10-12(17)4-5-13(14)15(11-2-1-3-11)19-8-6-18-7-9-19;/h4-5,10-11,15,18H,1-3,6-9H2;1H/t15-;/m1./s1. The molecule has 1 N–H and O–H groups in total. The van der Waals surface area contributed by atoms with Gasteiger partial charge in [0.05, 0.1) is 0 Å². The smallest absolute Gasteiger partial charge is 0.124 e. The molecule has 1 aliphatic heterocycles. The van der Waals surface area contributed by atoms with Gasteiger partial charge in [-0.25, -0.2) is 4.39 Å². The zero-order valence-corrected chi connectivity index (χ0v) is 13.0. The molecule has 1 aliphatic carbocycles. The van der Waals surface area contributed by atoms with Crippen molar-refractivity contribution in [3.63, 3.8) is 0 Å². The number of halogens is 3. The van der Waals surface area contributed by atoms with Crippen LogP contribution in [0.5, 0.6) is 0 Å². The second kappa shape index (κ2) is 7.08. The number of benzene rings is 1. The van der Waals surface area contributed by atoms with E-state index in [1.54, 1.807) is 0 Å². The van der Waals surface area contributed by atoms with E-state index in [2.05, 4.69) is 10.2 Å². The Morgan fingerprint density at radius 3 is 2.50 bits per heavy atom. The van der Waals surface area contributed by atoms with Crippen molar-refractivity contribution in [3.8, 4) is 0 Å². The van der Waals surface area contributed by atoms with E-state index >= 15 is 0 Å². The summed E-state index contributed by atoms with van der Waals surface area (Å²) in [6, 6.07) is 5.23. The summed E-state index contributed by atoms with van der Waals surface area (Å²) in [6.07, 6.45) is 3.84. The number of hydrogen-bond acceptors (Lipinski definition) is 2. The molecular formula is C15H21Cl2FN2. The van der Waals surface area contributed by atoms with Crippen molar-refractivity contribution in [2.24, 2.45) is 5.92 Å². The summed E-state index contributed by atoms with van der Waals surface area (Å²) in [5.74, 6) is 0.433. The average molecular weight is 319 g/mol. The molecule has 1 atom stereocenters. The highest BCUT2D eigenvalue weighted by molar-refractivity contribution is 6.31. The molecule has 0 amide bonds. The van der Waals surface area contributed by atoms with E-state index in [9.17, 15) is 4.39 Å². The zero-order chi connectivity index (χ0) is 13.2. The maximum atomic E-state index is 13.2. The van der Waals surface area contributed by atoms with E-state index in [1.165, 1.54) is 31.4 Å². The first-order chi connectivity index (χ1) is 9.25. The summed E-state index contributed by atoms with van der Waals surface area (Å²) >= 11 is 6.29. The Kier molecular flexibility index (Phi) is 5.67. The number of nitrogens with one attached hydrogen (secondary N) is 1. The summed E-state index contributed by atoms with van der Waals surface area (Å²) in [6.45, 7) is 4.16. The predicted molar refractivity (Wildman–Crippen MR) is 83.2 cm³/mol. The Bertz CT molecular complexity index is 445. The van der Waals surface area contributed by atoms with Crippen molar-refractivity contribution in [1.82, 2.24) is 10.2 Å². The second-order valence-corrected chi connectivity index (χ2v) is 5.99. The summed E-state index contributed by atoms with van der Waals surface area (Å²) in [7, 11) is 0. The number of hydrogen-bond donors (Lipinski definition) is 1. The molecule has 0 bridgehead atoms. The minimum Gasteiger partial charge on any atom is -0.314 e. The van der Waals surface area contributed by atoms with Gasteiger partial charge in [-0.15, -0.1) is 12.4 Å². The van der Waals surface area contributed by atoms with Crippen molar-refractivity contribution < 1.29 is 4.39 Å². The lowest BCUT2D eigenvalue weighted by molar-refractivity contribution is 0.0837. The fourth-order valence-electron chi connectivity index (χ4n) is 3.21. The molecule has 3 rings (SSSR count). The molecule has 112 valence electrons. The van der Waals surface area contributed by atoms with Gasteiger partial charge in [0, 0.05) is 37.2 Å². The highest BCUT2D eigenvalue weighted by Crippen LogP contribution is 2.43. The van der Waals surface area contributed by atoms with Crippen LogP contribution in [-0.2, 0) is 0 Å². The third kappa shape index (κ3) is 3.28. The molecule has 0 unspecified atom stereocenters. The molecule has 1 aromatic carbocycles. The molecule has 2 fully saturated rings. The Balaban J connectivity index is 0.00000147. The second-order valence-electron chi connectivity index (χ2n) is 5.59. The third-order valence-corrected chi connectivity index (χ3v) is 4.75. The van der Waals surface area contributed by atoms with Gasteiger partial charge in [0.25, 0.3) is 0 Å². The van der Waals surface area contributed by atoms with Crippen molar-refractivity contribution in [1.29, 1.82) is 0 Å². The largest absolute Gasteiger partial charge is 0.314 e. The molecule has 1 saturated heterocycles. The van der Waals surface area contributed by atoms with Gasteiger partial charge in [-0.3, -0.25) is 4.90 Å². The van der Waals surface area contributed by atoms with E-state index in [1.807, 2.05) is 6.07 Å². The summed E-state index contributed by atoms with van der Waals surface area (Å²) in [4.78, 5) is 2.51. The predicted octanol–water partition coefficient (Wildman–Crippen LogP) is 3.65. The molecule has 2 nitrogen and oxygen atoms in total. The van der Waals surface area contributed by atoms with Gasteiger partial charge in [0.1, 0.15) is 5.82 Å². The molecule has 2 aliphatic rings. The first-order valence-corrected chi connectivity index (χ1v) is 7.53. The quantitative estimate of drug-likeness (QED) is 0.915. The van der Waals surface area contributed by atoms with E-state index < -0.39 is 0 Å². The van der Waals surface area contributed by atoms with Gasteiger partial charge < -0.3 is 5.32 Å². The zero-order valence-electron chi connectivity index (χ0n) is 11.4. The van der Waals surface area contributed by atoms with Crippen LogP contribution >= 0.6 is 24.0 Å². The maximum Gasteiger partial charge on any atom is 0.124 e. The normalized spacial score (nSPS) is 21.9. The topological polar surface area (TPSA) is 15.3 Å². The van der Waals surface area contributed by atoms with Crippen LogP contribution in [0, 0.1) is 11.7 Å². The number of piperazine rings is 1. The first-order valence-electron chi connectivity index (χ1n) is 7.15. The van der Waals surface area contributed by atoms with Crippen molar-refractivity contribution in [2.45, 2.75) is 25.3 Å². The van der Waals surface area contributed by atoms with E-state index in [0.717, 1.165) is 31.7 Å². The van der Waals surface area contributed by atoms with E-state index in [4.69, 9.17) is 11.6 Å². The summed E-state index contributed by atoms with van der Waals surface area (Å²) in [5, 5.41) is 3.96. The van der Waals surface area contributed by atoms with Crippen molar-refractivity contribution in [3.05, 3.63) is 34.6 Å². The van der Waals surface area contributed by atoms with Gasteiger partial charge >= 0.3 is 0 Å². The Hall–Kier alpha value is -0.350. The van der Waals surface area contributed by atoms with Crippen LogP contribution in [0.15, 0.2) is 18.2 Å². The highest BCUT2D eigenvalue weighted by Gasteiger charge is 2.34. The molecule has 20 heavy (non-hydrogen) atoms. The minimum atomic E-state index is -0.249. The van der Waals surface area contributed by atoms with Crippen LogP contribution < -0.4 is 5.32 Å². The highest BCUT2D eigenvalue weighted by atomic mass is 35.5. The van der Waals surface area contributed by atoms with Gasteiger partial charge in [-0.1, -0.05) is 24.1 Å². The van der Waals surface area contributed by atoms with Gasteiger partial charge in [0.15, 0.2) is 0 Å². The third-order valence-electron chi connectivity index (χ3n) is 4.42. The van der Waals surface area contributed by atoms with Crippen LogP contribution in [0.2, 0.25) is 5.02 Å². The molecule has 1 aromatic rings. The maximum absolute atomic E-state index is 13.2. The Labute approximate surface area is 131 Å². The monoisotopic (exact) mass is 318 g/mol. The lowest BCUT2D eigenvalue weighted by Gasteiger charge is -2.43. The van der Waals surface area contributed by atoms with E-state index in [-0.39, 0.29) is 18.2 Å². The summed E-state index contributed by atoms with van der Waals surface area (Å²) in [5.41, 5.74) is 1.11. The molecule has 0 radical (unpaired) electrons. The minimum absolute atomic E-state index is 0. The Morgan fingerprint density at radius 1 is 1.25 bits per heavy atom. The Morgan fingerprint density at radius 2 is 1.95 bits per heavy atom. The van der Waals surface area contributed by atoms with Crippen LogP contribution in [0.25, 0.3) is 0 Å². The van der Waals surface area contributed by atoms with Crippen LogP contribution in [0.4, 0.5) is 4.39 Å². The van der Waals surface area contributed by atoms with Crippen LogP contribution in [-0.4, -0.2) is 31.1 Å². The fourth-order valence-corrected chi connectivity index (χ4v) is 3.49. The van der Waals surface area contributed by atoms with Crippen molar-refractivity contribution >= 4 is 24.0 Å². The lowest BCUT2D eigenvalue weighted by Crippen LogP contribution is -2.47. The molecule has 1 heterocycles. The van der Waals surface area contributed by atoms with Crippen LogP contribution in [0.3, 0.4) is 0 Å². The van der Waals surface area contributed by atoms with Gasteiger partial charge in [-0.05, 0) is 36.5 Å². The summed E-state index contributed by atoms with van der Waals surface area (Å²) < 4.78 is 13.2. The molecular weight excluding hydrogens is 298 g/mol. The average Bonchev–Trinajstić information content (AvgIpc) is 2.35. The fraction of sp³-hybridized carbons (Fsp3) is 0.600. The number of nitrogens with zero attached hydrogens (tertiary/aromatic N) is 1. The first kappa shape index (κ1) is 16.0. The van der Waals surface area contributed by atoms with Gasteiger partial charge in [-0.2, -0.15) is 0 Å². The van der Waals surface area contributed by atoms with E-state index in [0.29, 0.717) is 17.0 Å².